The first-order chi connectivity index (χ1) is 9.23. The monoisotopic (exact) mass is 269 g/mol. The van der Waals surface area contributed by atoms with Gasteiger partial charge in [0.1, 0.15) is 11.5 Å². The maximum absolute atomic E-state index is 5.42. The quantitative estimate of drug-likeness (QED) is 0.731. The zero-order chi connectivity index (χ0) is 14.3. The van der Waals surface area contributed by atoms with Gasteiger partial charge in [0.05, 0.1) is 25.8 Å². The maximum Gasteiger partial charge on any atom is 0.176 e. The second-order valence-electron chi connectivity index (χ2n) is 3.95. The molecule has 1 atom stereocenters. The smallest absolute Gasteiger partial charge is 0.176 e. The number of benzene rings is 1. The molecule has 0 aromatic heterocycles. The zero-order valence-electron chi connectivity index (χ0n) is 12.2. The van der Waals surface area contributed by atoms with Gasteiger partial charge in [0.15, 0.2) is 6.29 Å². The predicted molar refractivity (Wildman–Crippen MR) is 73.8 cm³/mol. The van der Waals surface area contributed by atoms with Crippen LogP contribution in [0.25, 0.3) is 0 Å². The molecule has 0 saturated heterocycles. The van der Waals surface area contributed by atoms with Crippen molar-refractivity contribution in [3.63, 3.8) is 0 Å². The largest absolute Gasteiger partial charge is 0.496 e. The summed E-state index contributed by atoms with van der Waals surface area (Å²) in [5.74, 6) is 1.48. The molecular formula is C14H23NO4. The van der Waals surface area contributed by atoms with Crippen molar-refractivity contribution in [1.82, 2.24) is 5.32 Å². The lowest BCUT2D eigenvalue weighted by Gasteiger charge is -2.28. The topological polar surface area (TPSA) is 49.0 Å². The fourth-order valence-electron chi connectivity index (χ4n) is 2.11. The standard InChI is InChI=1S/C14H23NO4/c1-6-15-13(14(18-4)19-5)12-10(16-2)8-7-9-11(12)17-3/h7-9,13-15H,6H2,1-5H3. The Kier molecular flexibility index (Phi) is 6.62. The molecule has 1 N–H and O–H groups in total. The SMILES string of the molecule is CCNC(c1c(OC)cccc1OC)C(OC)OC. The molecule has 0 aliphatic heterocycles. The summed E-state index contributed by atoms with van der Waals surface area (Å²) in [6, 6.07) is 5.50. The molecule has 0 spiro atoms. The summed E-state index contributed by atoms with van der Waals surface area (Å²) in [5.41, 5.74) is 0.892. The molecular weight excluding hydrogens is 246 g/mol. The van der Waals surface area contributed by atoms with Gasteiger partial charge in [0.25, 0.3) is 0 Å². The van der Waals surface area contributed by atoms with E-state index in [9.17, 15) is 0 Å². The highest BCUT2D eigenvalue weighted by atomic mass is 16.7. The predicted octanol–water partition coefficient (Wildman–Crippen LogP) is 1.97. The van der Waals surface area contributed by atoms with Crippen LogP contribution in [0.4, 0.5) is 0 Å². The molecule has 5 nitrogen and oxygen atoms in total. The van der Waals surface area contributed by atoms with E-state index < -0.39 is 6.29 Å². The van der Waals surface area contributed by atoms with E-state index in [0.29, 0.717) is 0 Å². The Balaban J connectivity index is 3.26. The van der Waals surface area contributed by atoms with Crippen molar-refractivity contribution in [2.24, 2.45) is 0 Å². The molecule has 1 aromatic carbocycles. The Morgan fingerprint density at radius 1 is 1.00 bits per heavy atom. The molecule has 108 valence electrons. The van der Waals surface area contributed by atoms with Crippen LogP contribution in [0.5, 0.6) is 11.5 Å². The number of methoxy groups -OCH3 is 4. The number of ether oxygens (including phenoxy) is 4. The molecule has 0 bridgehead atoms. The minimum absolute atomic E-state index is 0.175. The number of likely N-dealkylation sites (N-methyl/N-ethyl adjacent to an activating group) is 1. The summed E-state index contributed by atoms with van der Waals surface area (Å²) in [7, 11) is 6.49. The van der Waals surface area contributed by atoms with Gasteiger partial charge < -0.3 is 24.3 Å². The normalized spacial score (nSPS) is 12.5. The molecule has 0 amide bonds. The van der Waals surface area contributed by atoms with Crippen LogP contribution in [0.15, 0.2) is 18.2 Å². The van der Waals surface area contributed by atoms with Gasteiger partial charge in [-0.15, -0.1) is 0 Å². The van der Waals surface area contributed by atoms with Crippen molar-refractivity contribution < 1.29 is 18.9 Å². The maximum atomic E-state index is 5.42. The Hall–Kier alpha value is -1.30. The first-order valence-electron chi connectivity index (χ1n) is 6.23. The summed E-state index contributed by atoms with van der Waals surface area (Å²) in [5, 5.41) is 3.34. The molecule has 0 aliphatic carbocycles. The van der Waals surface area contributed by atoms with Crippen molar-refractivity contribution in [2.75, 3.05) is 35.0 Å². The minimum Gasteiger partial charge on any atom is -0.496 e. The summed E-state index contributed by atoms with van der Waals surface area (Å²) in [6.07, 6.45) is -0.426. The molecule has 0 heterocycles. The first kappa shape index (κ1) is 15.8. The van der Waals surface area contributed by atoms with E-state index >= 15 is 0 Å². The van der Waals surface area contributed by atoms with Crippen LogP contribution in [0.1, 0.15) is 18.5 Å². The molecule has 1 unspecified atom stereocenters. The van der Waals surface area contributed by atoms with Crippen molar-refractivity contribution in [3.8, 4) is 11.5 Å². The van der Waals surface area contributed by atoms with Crippen LogP contribution in [0, 0.1) is 0 Å². The van der Waals surface area contributed by atoms with Crippen molar-refractivity contribution >= 4 is 0 Å². The van der Waals surface area contributed by atoms with Crippen molar-refractivity contribution in [2.45, 2.75) is 19.3 Å². The second kappa shape index (κ2) is 7.99. The molecule has 0 fully saturated rings. The fraction of sp³-hybridized carbons (Fsp3) is 0.571. The van der Waals surface area contributed by atoms with Gasteiger partial charge in [0, 0.05) is 14.2 Å². The average molecular weight is 269 g/mol. The third-order valence-electron chi connectivity index (χ3n) is 2.94. The number of hydrogen-bond acceptors (Lipinski definition) is 5. The minimum atomic E-state index is -0.426. The van der Waals surface area contributed by atoms with Crippen LogP contribution >= 0.6 is 0 Å². The summed E-state index contributed by atoms with van der Waals surface area (Å²) >= 11 is 0. The Labute approximate surface area is 114 Å². The molecule has 0 saturated carbocycles. The summed E-state index contributed by atoms with van der Waals surface area (Å²) in [6.45, 7) is 2.80. The van der Waals surface area contributed by atoms with Crippen LogP contribution in [0.3, 0.4) is 0 Å². The van der Waals surface area contributed by atoms with Gasteiger partial charge in [-0.3, -0.25) is 0 Å². The highest BCUT2D eigenvalue weighted by molar-refractivity contribution is 5.47. The van der Waals surface area contributed by atoms with Gasteiger partial charge in [-0.1, -0.05) is 13.0 Å². The van der Waals surface area contributed by atoms with Gasteiger partial charge in [0.2, 0.25) is 0 Å². The molecule has 1 aromatic rings. The molecule has 5 heteroatoms. The van der Waals surface area contributed by atoms with E-state index in [-0.39, 0.29) is 6.04 Å². The van der Waals surface area contributed by atoms with Crippen LogP contribution in [-0.4, -0.2) is 41.3 Å². The number of nitrogens with one attached hydrogen (secondary N) is 1. The molecule has 0 radical (unpaired) electrons. The van der Waals surface area contributed by atoms with E-state index in [0.717, 1.165) is 23.6 Å². The van der Waals surface area contributed by atoms with Gasteiger partial charge in [-0.05, 0) is 18.7 Å². The molecule has 0 aliphatic rings. The lowest BCUT2D eigenvalue weighted by molar-refractivity contribution is -0.124. The Morgan fingerprint density at radius 3 is 1.89 bits per heavy atom. The summed E-state index contributed by atoms with van der Waals surface area (Å²) < 4.78 is 21.6. The van der Waals surface area contributed by atoms with E-state index in [1.807, 2.05) is 25.1 Å². The number of hydrogen-bond donors (Lipinski definition) is 1. The second-order valence-corrected chi connectivity index (χ2v) is 3.95. The highest BCUT2D eigenvalue weighted by Gasteiger charge is 2.28. The van der Waals surface area contributed by atoms with Crippen molar-refractivity contribution in [1.29, 1.82) is 0 Å². The number of rotatable bonds is 8. The van der Waals surface area contributed by atoms with Crippen LogP contribution in [-0.2, 0) is 9.47 Å². The molecule has 1 rings (SSSR count). The average Bonchev–Trinajstić information content (AvgIpc) is 2.46. The van der Waals surface area contributed by atoms with Gasteiger partial charge in [-0.2, -0.15) is 0 Å². The third-order valence-corrected chi connectivity index (χ3v) is 2.94. The van der Waals surface area contributed by atoms with Gasteiger partial charge in [-0.25, -0.2) is 0 Å². The van der Waals surface area contributed by atoms with E-state index in [4.69, 9.17) is 18.9 Å². The molecule has 19 heavy (non-hydrogen) atoms. The van der Waals surface area contributed by atoms with Crippen LogP contribution < -0.4 is 14.8 Å². The summed E-state index contributed by atoms with van der Waals surface area (Å²) in [4.78, 5) is 0. The van der Waals surface area contributed by atoms with E-state index in [1.54, 1.807) is 28.4 Å². The fourth-order valence-corrected chi connectivity index (χ4v) is 2.11. The van der Waals surface area contributed by atoms with Crippen LogP contribution in [0.2, 0.25) is 0 Å². The lowest BCUT2D eigenvalue weighted by atomic mass is 10.0. The third kappa shape index (κ3) is 3.59. The van der Waals surface area contributed by atoms with E-state index in [1.165, 1.54) is 0 Å². The first-order valence-corrected chi connectivity index (χ1v) is 6.23. The lowest BCUT2D eigenvalue weighted by Crippen LogP contribution is -2.35. The van der Waals surface area contributed by atoms with Gasteiger partial charge >= 0.3 is 0 Å². The van der Waals surface area contributed by atoms with Crippen molar-refractivity contribution in [3.05, 3.63) is 23.8 Å². The van der Waals surface area contributed by atoms with E-state index in [2.05, 4.69) is 5.32 Å². The Morgan fingerprint density at radius 2 is 1.53 bits per heavy atom. The Bertz CT molecular complexity index is 357. The highest BCUT2D eigenvalue weighted by Crippen LogP contribution is 2.36. The zero-order valence-corrected chi connectivity index (χ0v) is 12.2.